The molecule has 4 heteroatoms. The van der Waals surface area contributed by atoms with Crippen molar-refractivity contribution in [3.8, 4) is 11.5 Å². The number of benzene rings is 1. The molecule has 1 N–H and O–H groups in total. The quantitative estimate of drug-likeness (QED) is 0.931. The first-order valence-electron chi connectivity index (χ1n) is 8.12. The van der Waals surface area contributed by atoms with Gasteiger partial charge in [-0.3, -0.25) is 0 Å². The molecule has 0 radical (unpaired) electrons. The number of ether oxygens (including phenoxy) is 2. The molecule has 2 aliphatic rings. The molecular formula is C18H27NO3. The van der Waals surface area contributed by atoms with Crippen LogP contribution in [0.4, 0.5) is 0 Å². The molecule has 0 unspecified atom stereocenters. The lowest BCUT2D eigenvalue weighted by Crippen LogP contribution is -2.50. The Labute approximate surface area is 133 Å². The zero-order chi connectivity index (χ0) is 15.9. The Morgan fingerprint density at radius 3 is 2.64 bits per heavy atom. The van der Waals surface area contributed by atoms with Gasteiger partial charge in [-0.05, 0) is 56.5 Å². The number of likely N-dealkylation sites (tertiary alicyclic amines) is 1. The maximum atomic E-state index is 10.3. The normalized spacial score (nSPS) is 35.2. The number of aliphatic hydroxyl groups is 1. The molecule has 1 saturated heterocycles. The Bertz CT molecular complexity index is 547. The highest BCUT2D eigenvalue weighted by Gasteiger charge is 2.52. The number of nitrogens with zero attached hydrogens (tertiary/aromatic N) is 1. The van der Waals surface area contributed by atoms with Crippen LogP contribution >= 0.6 is 0 Å². The first-order chi connectivity index (χ1) is 10.5. The van der Waals surface area contributed by atoms with Crippen molar-refractivity contribution in [2.75, 3.05) is 27.8 Å². The maximum Gasteiger partial charge on any atom is 0.161 e. The average Bonchev–Trinajstić information content (AvgIpc) is 2.85. The zero-order valence-corrected chi connectivity index (χ0v) is 14.0. The summed E-state index contributed by atoms with van der Waals surface area (Å²) in [4.78, 5) is 2.41. The summed E-state index contributed by atoms with van der Waals surface area (Å²) in [7, 11) is 5.53. The van der Waals surface area contributed by atoms with Crippen molar-refractivity contribution in [1.82, 2.24) is 4.90 Å². The van der Waals surface area contributed by atoms with Crippen molar-refractivity contribution in [2.24, 2.45) is 5.92 Å². The summed E-state index contributed by atoms with van der Waals surface area (Å²) in [6, 6.07) is 6.72. The van der Waals surface area contributed by atoms with Gasteiger partial charge in [-0.2, -0.15) is 0 Å². The minimum absolute atomic E-state index is 0.118. The summed E-state index contributed by atoms with van der Waals surface area (Å²) in [5, 5.41) is 10.3. The molecular weight excluding hydrogens is 278 g/mol. The van der Waals surface area contributed by atoms with Crippen LogP contribution in [0.3, 0.4) is 0 Å². The molecule has 0 aromatic heterocycles. The largest absolute Gasteiger partial charge is 0.493 e. The van der Waals surface area contributed by atoms with Crippen LogP contribution in [0.2, 0.25) is 0 Å². The van der Waals surface area contributed by atoms with Crippen molar-refractivity contribution in [1.29, 1.82) is 0 Å². The Kier molecular flexibility index (Phi) is 4.08. The van der Waals surface area contributed by atoms with Crippen LogP contribution in [0.1, 0.15) is 31.7 Å². The second kappa shape index (κ2) is 5.74. The van der Waals surface area contributed by atoms with E-state index in [0.29, 0.717) is 12.0 Å². The molecule has 0 spiro atoms. The summed E-state index contributed by atoms with van der Waals surface area (Å²) in [6.45, 7) is 3.25. The molecule has 4 atom stereocenters. The summed E-state index contributed by atoms with van der Waals surface area (Å²) >= 11 is 0. The van der Waals surface area contributed by atoms with Crippen LogP contribution in [-0.2, 0) is 5.41 Å². The lowest BCUT2D eigenvalue weighted by atomic mass is 9.62. The van der Waals surface area contributed by atoms with E-state index in [1.54, 1.807) is 14.2 Å². The first-order valence-corrected chi connectivity index (χ1v) is 8.12. The number of fused-ring (bicyclic) bond motifs is 1. The highest BCUT2D eigenvalue weighted by atomic mass is 16.5. The van der Waals surface area contributed by atoms with E-state index in [1.165, 1.54) is 5.56 Å². The summed E-state index contributed by atoms with van der Waals surface area (Å²) in [5.41, 5.74) is 1.44. The van der Waals surface area contributed by atoms with Crippen molar-refractivity contribution in [3.63, 3.8) is 0 Å². The minimum Gasteiger partial charge on any atom is -0.493 e. The van der Waals surface area contributed by atoms with E-state index < -0.39 is 0 Å². The lowest BCUT2D eigenvalue weighted by molar-refractivity contribution is 0.0146. The van der Waals surface area contributed by atoms with Crippen LogP contribution in [0, 0.1) is 5.92 Å². The third kappa shape index (κ3) is 2.29. The van der Waals surface area contributed by atoms with Crippen molar-refractivity contribution >= 4 is 0 Å². The van der Waals surface area contributed by atoms with Crippen LogP contribution in [0.25, 0.3) is 0 Å². The fraction of sp³-hybridized carbons (Fsp3) is 0.667. The molecule has 4 nitrogen and oxygen atoms in total. The van der Waals surface area contributed by atoms with E-state index in [-0.39, 0.29) is 11.5 Å². The Morgan fingerprint density at radius 1 is 1.23 bits per heavy atom. The highest BCUT2D eigenvalue weighted by molar-refractivity contribution is 5.46. The molecule has 1 heterocycles. The molecule has 0 bridgehead atoms. The second-order valence-corrected chi connectivity index (χ2v) is 6.96. The second-order valence-electron chi connectivity index (χ2n) is 6.96. The highest BCUT2D eigenvalue weighted by Crippen LogP contribution is 2.51. The Morgan fingerprint density at radius 2 is 1.95 bits per heavy atom. The molecule has 22 heavy (non-hydrogen) atoms. The number of rotatable bonds is 3. The van der Waals surface area contributed by atoms with Crippen molar-refractivity contribution in [3.05, 3.63) is 23.8 Å². The van der Waals surface area contributed by atoms with E-state index in [2.05, 4.69) is 31.0 Å². The van der Waals surface area contributed by atoms with Crippen LogP contribution < -0.4 is 9.47 Å². The van der Waals surface area contributed by atoms with Crippen molar-refractivity contribution < 1.29 is 14.6 Å². The number of aliphatic hydroxyl groups excluding tert-OH is 1. The predicted octanol–water partition coefficient (Wildman–Crippen LogP) is 2.44. The third-order valence-corrected chi connectivity index (χ3v) is 5.85. The van der Waals surface area contributed by atoms with E-state index in [1.807, 2.05) is 6.07 Å². The molecule has 122 valence electrons. The van der Waals surface area contributed by atoms with E-state index in [9.17, 15) is 5.11 Å². The molecule has 1 aliphatic carbocycles. The van der Waals surface area contributed by atoms with Gasteiger partial charge in [0.15, 0.2) is 11.5 Å². The van der Waals surface area contributed by atoms with Crippen LogP contribution in [0.15, 0.2) is 18.2 Å². The molecule has 1 saturated carbocycles. The summed E-state index contributed by atoms with van der Waals surface area (Å²) in [6.07, 6.45) is 2.82. The summed E-state index contributed by atoms with van der Waals surface area (Å²) < 4.78 is 10.9. The smallest absolute Gasteiger partial charge is 0.161 e. The molecule has 0 amide bonds. The van der Waals surface area contributed by atoms with Gasteiger partial charge in [0.05, 0.1) is 20.3 Å². The molecule has 1 aliphatic heterocycles. The van der Waals surface area contributed by atoms with E-state index in [4.69, 9.17) is 9.47 Å². The number of hydrogen-bond acceptors (Lipinski definition) is 4. The third-order valence-electron chi connectivity index (χ3n) is 5.85. The Balaban J connectivity index is 2.04. The molecule has 1 aromatic rings. The Hall–Kier alpha value is -1.26. The van der Waals surface area contributed by atoms with Crippen LogP contribution in [0.5, 0.6) is 11.5 Å². The first kappa shape index (κ1) is 15.6. The topological polar surface area (TPSA) is 41.9 Å². The van der Waals surface area contributed by atoms with E-state index in [0.717, 1.165) is 37.3 Å². The van der Waals surface area contributed by atoms with Gasteiger partial charge in [0.25, 0.3) is 0 Å². The fourth-order valence-corrected chi connectivity index (χ4v) is 4.54. The lowest BCUT2D eigenvalue weighted by Gasteiger charge is -2.46. The van der Waals surface area contributed by atoms with Crippen LogP contribution in [-0.4, -0.2) is 50.0 Å². The van der Waals surface area contributed by atoms with Gasteiger partial charge in [0, 0.05) is 11.5 Å². The zero-order valence-electron chi connectivity index (χ0n) is 14.0. The fourth-order valence-electron chi connectivity index (χ4n) is 4.54. The van der Waals surface area contributed by atoms with Gasteiger partial charge in [-0.25, -0.2) is 0 Å². The standard InChI is InChI=1S/C18H27NO3/c1-12-11-18(7-8-19(2)17(18)10-14(12)20)13-5-6-15(21-3)16(9-13)22-4/h5-6,9,12,14,17,20H,7-8,10-11H2,1-4H3/t12-,14-,17+,18-/m1/s1. The van der Waals surface area contributed by atoms with Gasteiger partial charge in [0.2, 0.25) is 0 Å². The average molecular weight is 305 g/mol. The number of hydrogen-bond donors (Lipinski definition) is 1. The number of likely N-dealkylation sites (N-methyl/N-ethyl adjacent to an activating group) is 1. The van der Waals surface area contributed by atoms with Gasteiger partial charge in [0.1, 0.15) is 0 Å². The molecule has 1 aromatic carbocycles. The maximum absolute atomic E-state index is 10.3. The van der Waals surface area contributed by atoms with Gasteiger partial charge in [-0.15, -0.1) is 0 Å². The van der Waals surface area contributed by atoms with E-state index >= 15 is 0 Å². The monoisotopic (exact) mass is 305 g/mol. The number of methoxy groups -OCH3 is 2. The van der Waals surface area contributed by atoms with Crippen molar-refractivity contribution in [2.45, 2.75) is 43.7 Å². The van der Waals surface area contributed by atoms with Gasteiger partial charge < -0.3 is 19.5 Å². The van der Waals surface area contributed by atoms with Gasteiger partial charge in [-0.1, -0.05) is 13.0 Å². The summed E-state index contributed by atoms with van der Waals surface area (Å²) in [5.74, 6) is 1.90. The predicted molar refractivity (Wildman–Crippen MR) is 86.7 cm³/mol. The molecule has 2 fully saturated rings. The molecule has 3 rings (SSSR count). The minimum atomic E-state index is -0.196. The van der Waals surface area contributed by atoms with Gasteiger partial charge >= 0.3 is 0 Å². The SMILES string of the molecule is COc1ccc([C@]23CCN(C)[C@H]2C[C@@H](O)[C@H](C)C3)cc1OC.